The van der Waals surface area contributed by atoms with E-state index < -0.39 is 0 Å². The van der Waals surface area contributed by atoms with Crippen LogP contribution in [-0.4, -0.2) is 6.54 Å². The molecular weight excluding hydrogens is 208 g/mol. The van der Waals surface area contributed by atoms with Crippen molar-refractivity contribution >= 4 is 5.69 Å². The van der Waals surface area contributed by atoms with Crippen molar-refractivity contribution in [3.05, 3.63) is 53.6 Å². The summed E-state index contributed by atoms with van der Waals surface area (Å²) in [4.78, 5) is 0. The van der Waals surface area contributed by atoms with Gasteiger partial charge in [0.2, 0.25) is 0 Å². The maximum Gasteiger partial charge on any atom is 0.0317 e. The van der Waals surface area contributed by atoms with Crippen LogP contribution in [0.15, 0.2) is 42.5 Å². The standard InChI is InChI=1S/C15H18N2/c1-11-10-14(17)6-7-15(11)13-4-2-12(3-5-13)8-9-16/h2-7,10H,8-9,16-17H2,1H3. The van der Waals surface area contributed by atoms with E-state index in [1.165, 1.54) is 22.3 Å². The van der Waals surface area contributed by atoms with Gasteiger partial charge in [0.15, 0.2) is 0 Å². The van der Waals surface area contributed by atoms with E-state index in [4.69, 9.17) is 11.5 Å². The van der Waals surface area contributed by atoms with Crippen LogP contribution in [0.4, 0.5) is 5.69 Å². The van der Waals surface area contributed by atoms with Gasteiger partial charge >= 0.3 is 0 Å². The van der Waals surface area contributed by atoms with Crippen LogP contribution >= 0.6 is 0 Å². The second kappa shape index (κ2) is 5.02. The van der Waals surface area contributed by atoms with E-state index in [2.05, 4.69) is 37.3 Å². The monoisotopic (exact) mass is 226 g/mol. The Morgan fingerprint density at radius 2 is 1.71 bits per heavy atom. The second-order valence-electron chi connectivity index (χ2n) is 4.31. The van der Waals surface area contributed by atoms with Gasteiger partial charge in [-0.25, -0.2) is 0 Å². The Morgan fingerprint density at radius 1 is 1.00 bits per heavy atom. The number of benzene rings is 2. The molecule has 0 atom stereocenters. The van der Waals surface area contributed by atoms with E-state index in [-0.39, 0.29) is 0 Å². The molecule has 0 bridgehead atoms. The molecular formula is C15H18N2. The molecule has 0 amide bonds. The van der Waals surface area contributed by atoms with Gasteiger partial charge in [-0.15, -0.1) is 0 Å². The molecule has 2 aromatic rings. The Balaban J connectivity index is 2.33. The topological polar surface area (TPSA) is 52.0 Å². The molecule has 0 aliphatic rings. The Hall–Kier alpha value is -1.80. The van der Waals surface area contributed by atoms with Crippen LogP contribution < -0.4 is 11.5 Å². The fourth-order valence-corrected chi connectivity index (χ4v) is 2.03. The molecule has 2 aromatic carbocycles. The van der Waals surface area contributed by atoms with Crippen LogP contribution in [0.2, 0.25) is 0 Å². The summed E-state index contributed by atoms with van der Waals surface area (Å²) in [5, 5.41) is 0. The molecule has 0 heterocycles. The van der Waals surface area contributed by atoms with Crippen molar-refractivity contribution in [1.29, 1.82) is 0 Å². The van der Waals surface area contributed by atoms with Crippen LogP contribution in [0, 0.1) is 6.92 Å². The number of anilines is 1. The molecule has 0 spiro atoms. The third-order valence-corrected chi connectivity index (χ3v) is 2.95. The van der Waals surface area contributed by atoms with Crippen LogP contribution in [0.25, 0.3) is 11.1 Å². The van der Waals surface area contributed by atoms with Crippen molar-refractivity contribution in [3.63, 3.8) is 0 Å². The second-order valence-corrected chi connectivity index (χ2v) is 4.31. The van der Waals surface area contributed by atoms with Crippen LogP contribution in [0.3, 0.4) is 0 Å². The summed E-state index contributed by atoms with van der Waals surface area (Å²) in [6.45, 7) is 2.78. The third kappa shape index (κ3) is 2.66. The van der Waals surface area contributed by atoms with E-state index >= 15 is 0 Å². The molecule has 88 valence electrons. The summed E-state index contributed by atoms with van der Waals surface area (Å²) >= 11 is 0. The predicted molar refractivity (Wildman–Crippen MR) is 73.8 cm³/mol. The molecule has 2 heteroatoms. The third-order valence-electron chi connectivity index (χ3n) is 2.95. The smallest absolute Gasteiger partial charge is 0.0317 e. The molecule has 0 unspecified atom stereocenters. The fraction of sp³-hybridized carbons (Fsp3) is 0.200. The first kappa shape index (κ1) is 11.7. The zero-order valence-corrected chi connectivity index (χ0v) is 10.1. The van der Waals surface area contributed by atoms with Crippen molar-refractivity contribution in [2.24, 2.45) is 5.73 Å². The van der Waals surface area contributed by atoms with Gasteiger partial charge in [-0.3, -0.25) is 0 Å². The number of hydrogen-bond donors (Lipinski definition) is 2. The molecule has 4 N–H and O–H groups in total. The quantitative estimate of drug-likeness (QED) is 0.791. The van der Waals surface area contributed by atoms with Gasteiger partial charge in [-0.2, -0.15) is 0 Å². The normalized spacial score (nSPS) is 10.5. The Kier molecular flexibility index (Phi) is 3.45. The van der Waals surface area contributed by atoms with Crippen LogP contribution in [0.5, 0.6) is 0 Å². The van der Waals surface area contributed by atoms with Gasteiger partial charge in [-0.05, 0) is 54.3 Å². The zero-order valence-electron chi connectivity index (χ0n) is 10.1. The summed E-state index contributed by atoms with van der Waals surface area (Å²) in [5.74, 6) is 0. The van der Waals surface area contributed by atoms with E-state index in [0.717, 1.165) is 12.1 Å². The molecule has 0 aliphatic carbocycles. The first-order chi connectivity index (χ1) is 8.20. The minimum absolute atomic E-state index is 0.695. The minimum Gasteiger partial charge on any atom is -0.399 e. The maximum absolute atomic E-state index is 5.76. The number of hydrogen-bond acceptors (Lipinski definition) is 2. The highest BCUT2D eigenvalue weighted by atomic mass is 14.5. The Morgan fingerprint density at radius 3 is 2.29 bits per heavy atom. The van der Waals surface area contributed by atoms with Crippen molar-refractivity contribution in [2.75, 3.05) is 12.3 Å². The predicted octanol–water partition coefficient (Wildman–Crippen LogP) is 2.75. The molecule has 0 radical (unpaired) electrons. The molecule has 0 fully saturated rings. The molecule has 0 aliphatic heterocycles. The molecule has 2 rings (SSSR count). The van der Waals surface area contributed by atoms with Crippen LogP contribution in [0.1, 0.15) is 11.1 Å². The highest BCUT2D eigenvalue weighted by Gasteiger charge is 2.02. The summed E-state index contributed by atoms with van der Waals surface area (Å²) < 4.78 is 0. The largest absolute Gasteiger partial charge is 0.399 e. The average molecular weight is 226 g/mol. The first-order valence-corrected chi connectivity index (χ1v) is 5.86. The number of rotatable bonds is 3. The van der Waals surface area contributed by atoms with Gasteiger partial charge in [-0.1, -0.05) is 30.3 Å². The van der Waals surface area contributed by atoms with Crippen molar-refractivity contribution < 1.29 is 0 Å². The summed E-state index contributed by atoms with van der Waals surface area (Å²) in [5.41, 5.74) is 17.0. The summed E-state index contributed by atoms with van der Waals surface area (Å²) in [6.07, 6.45) is 0.932. The lowest BCUT2D eigenvalue weighted by Gasteiger charge is -2.08. The van der Waals surface area contributed by atoms with Gasteiger partial charge in [0.1, 0.15) is 0 Å². The summed E-state index contributed by atoms with van der Waals surface area (Å²) in [7, 11) is 0. The molecule has 2 nitrogen and oxygen atoms in total. The minimum atomic E-state index is 0.695. The van der Waals surface area contributed by atoms with Gasteiger partial charge < -0.3 is 11.5 Å². The van der Waals surface area contributed by atoms with Crippen LogP contribution in [-0.2, 0) is 6.42 Å². The average Bonchev–Trinajstić information content (AvgIpc) is 2.31. The maximum atomic E-state index is 5.76. The number of nitrogen functional groups attached to an aromatic ring is 1. The number of nitrogens with two attached hydrogens (primary N) is 2. The molecule has 0 aromatic heterocycles. The van der Waals surface area contributed by atoms with Crippen molar-refractivity contribution in [2.45, 2.75) is 13.3 Å². The lowest BCUT2D eigenvalue weighted by molar-refractivity contribution is 0.969. The fourth-order valence-electron chi connectivity index (χ4n) is 2.03. The van der Waals surface area contributed by atoms with E-state index in [1.807, 2.05) is 12.1 Å². The van der Waals surface area contributed by atoms with Crippen molar-refractivity contribution in [1.82, 2.24) is 0 Å². The highest BCUT2D eigenvalue weighted by molar-refractivity contribution is 5.69. The molecule has 0 saturated heterocycles. The Labute approximate surface area is 102 Å². The lowest BCUT2D eigenvalue weighted by Crippen LogP contribution is -2.02. The molecule has 0 saturated carbocycles. The first-order valence-electron chi connectivity index (χ1n) is 5.86. The van der Waals surface area contributed by atoms with E-state index in [0.29, 0.717) is 6.54 Å². The Bertz CT molecular complexity index is 501. The lowest BCUT2D eigenvalue weighted by atomic mass is 9.98. The summed E-state index contributed by atoms with van der Waals surface area (Å²) in [6, 6.07) is 14.6. The van der Waals surface area contributed by atoms with Gasteiger partial charge in [0.05, 0.1) is 0 Å². The molecule has 17 heavy (non-hydrogen) atoms. The SMILES string of the molecule is Cc1cc(N)ccc1-c1ccc(CCN)cc1. The van der Waals surface area contributed by atoms with Gasteiger partial charge in [0.25, 0.3) is 0 Å². The zero-order chi connectivity index (χ0) is 12.3. The highest BCUT2D eigenvalue weighted by Crippen LogP contribution is 2.25. The van der Waals surface area contributed by atoms with Crippen molar-refractivity contribution in [3.8, 4) is 11.1 Å². The van der Waals surface area contributed by atoms with E-state index in [9.17, 15) is 0 Å². The van der Waals surface area contributed by atoms with Gasteiger partial charge in [0, 0.05) is 5.69 Å². The number of aryl methyl sites for hydroxylation is 1. The van der Waals surface area contributed by atoms with E-state index in [1.54, 1.807) is 0 Å².